The van der Waals surface area contributed by atoms with Gasteiger partial charge in [0.05, 0.1) is 13.1 Å². The molecule has 4 nitrogen and oxygen atoms in total. The molecule has 0 aromatic heterocycles. The van der Waals surface area contributed by atoms with Crippen LogP contribution in [0.3, 0.4) is 0 Å². The highest BCUT2D eigenvalue weighted by molar-refractivity contribution is 5.80. The molecule has 0 unspecified atom stereocenters. The van der Waals surface area contributed by atoms with Crippen LogP contribution < -0.4 is 10.6 Å². The number of ketones is 1. The lowest BCUT2D eigenvalue weighted by atomic mass is 10.4. The fourth-order valence-corrected chi connectivity index (χ4v) is 0.440. The van der Waals surface area contributed by atoms with Crippen LogP contribution >= 0.6 is 0 Å². The number of amides is 1. The summed E-state index contributed by atoms with van der Waals surface area (Å²) >= 11 is 0. The largest absolute Gasteiger partial charge is 0.358 e. The quantitative estimate of drug-likeness (QED) is 0.527. The van der Waals surface area contributed by atoms with Gasteiger partial charge in [0, 0.05) is 7.05 Å². The van der Waals surface area contributed by atoms with E-state index >= 15 is 0 Å². The summed E-state index contributed by atoms with van der Waals surface area (Å²) in [7, 11) is 1.55. The number of carbonyl (C=O) groups is 2. The molecule has 4 heteroatoms. The molecule has 0 bridgehead atoms. The topological polar surface area (TPSA) is 58.2 Å². The van der Waals surface area contributed by atoms with E-state index in [1.165, 1.54) is 6.92 Å². The SMILES string of the molecule is CNC(=O)CNCC(C)=O. The number of hydrogen-bond acceptors (Lipinski definition) is 3. The fraction of sp³-hybridized carbons (Fsp3) is 0.667. The molecule has 0 aliphatic carbocycles. The molecule has 1 amide bonds. The van der Waals surface area contributed by atoms with Crippen molar-refractivity contribution in [3.63, 3.8) is 0 Å². The zero-order valence-electron chi connectivity index (χ0n) is 6.23. The minimum Gasteiger partial charge on any atom is -0.358 e. The Morgan fingerprint density at radius 1 is 1.30 bits per heavy atom. The Bertz CT molecular complexity index is 134. The lowest BCUT2D eigenvalue weighted by molar-refractivity contribution is -0.120. The standard InChI is InChI=1S/C6H12N2O2/c1-5(9)3-8-4-6(10)7-2/h8H,3-4H2,1-2H3,(H,7,10). The van der Waals surface area contributed by atoms with E-state index < -0.39 is 0 Å². The van der Waals surface area contributed by atoms with Crippen molar-refractivity contribution >= 4 is 11.7 Å². The molecule has 58 valence electrons. The van der Waals surface area contributed by atoms with Crippen LogP contribution in [0.2, 0.25) is 0 Å². The molecule has 0 aliphatic heterocycles. The van der Waals surface area contributed by atoms with Crippen molar-refractivity contribution in [2.75, 3.05) is 20.1 Å². The minimum absolute atomic E-state index is 0.0314. The second kappa shape index (κ2) is 4.93. The average Bonchev–Trinajstić information content (AvgIpc) is 1.87. The van der Waals surface area contributed by atoms with Gasteiger partial charge in [-0.3, -0.25) is 9.59 Å². The van der Waals surface area contributed by atoms with E-state index in [-0.39, 0.29) is 24.8 Å². The van der Waals surface area contributed by atoms with Crippen molar-refractivity contribution in [1.29, 1.82) is 0 Å². The Morgan fingerprint density at radius 3 is 2.30 bits per heavy atom. The van der Waals surface area contributed by atoms with Gasteiger partial charge in [-0.1, -0.05) is 0 Å². The predicted molar refractivity (Wildman–Crippen MR) is 37.6 cm³/mol. The van der Waals surface area contributed by atoms with Gasteiger partial charge in [-0.15, -0.1) is 0 Å². The molecule has 0 saturated heterocycles. The van der Waals surface area contributed by atoms with Crippen LogP contribution in [0.4, 0.5) is 0 Å². The first kappa shape index (κ1) is 9.10. The van der Waals surface area contributed by atoms with Crippen molar-refractivity contribution in [2.24, 2.45) is 0 Å². The van der Waals surface area contributed by atoms with Crippen LogP contribution in [0.15, 0.2) is 0 Å². The van der Waals surface area contributed by atoms with Crippen LogP contribution in [0.5, 0.6) is 0 Å². The summed E-state index contributed by atoms with van der Waals surface area (Å²) in [4.78, 5) is 20.8. The highest BCUT2D eigenvalue weighted by Crippen LogP contribution is 1.64. The van der Waals surface area contributed by atoms with E-state index in [1.807, 2.05) is 0 Å². The summed E-state index contributed by atoms with van der Waals surface area (Å²) in [6.45, 7) is 1.93. The molecular formula is C6H12N2O2. The van der Waals surface area contributed by atoms with Gasteiger partial charge in [-0.2, -0.15) is 0 Å². The predicted octanol–water partition coefficient (Wildman–Crippen LogP) is -1.09. The maximum atomic E-state index is 10.5. The third kappa shape index (κ3) is 5.24. The molecule has 0 radical (unpaired) electrons. The van der Waals surface area contributed by atoms with E-state index in [2.05, 4.69) is 10.6 Å². The van der Waals surface area contributed by atoms with Gasteiger partial charge in [0.1, 0.15) is 5.78 Å². The zero-order chi connectivity index (χ0) is 7.98. The lowest BCUT2D eigenvalue weighted by Crippen LogP contribution is -2.33. The molecule has 2 N–H and O–H groups in total. The summed E-state index contributed by atoms with van der Waals surface area (Å²) in [5.74, 6) is -0.0786. The van der Waals surface area contributed by atoms with Gasteiger partial charge < -0.3 is 10.6 Å². The van der Waals surface area contributed by atoms with E-state index in [9.17, 15) is 9.59 Å². The Labute approximate surface area is 60.0 Å². The molecule has 0 aliphatic rings. The van der Waals surface area contributed by atoms with Crippen LogP contribution in [0.1, 0.15) is 6.92 Å². The highest BCUT2D eigenvalue weighted by atomic mass is 16.2. The van der Waals surface area contributed by atoms with Crippen LogP contribution in [0.25, 0.3) is 0 Å². The number of carbonyl (C=O) groups excluding carboxylic acids is 2. The number of nitrogens with one attached hydrogen (secondary N) is 2. The zero-order valence-corrected chi connectivity index (χ0v) is 6.23. The molecule has 0 rings (SSSR count). The van der Waals surface area contributed by atoms with Gasteiger partial charge in [0.25, 0.3) is 0 Å². The summed E-state index contributed by atoms with van der Waals surface area (Å²) in [5.41, 5.74) is 0. The van der Waals surface area contributed by atoms with Crippen LogP contribution in [0, 0.1) is 0 Å². The third-order valence-corrected chi connectivity index (χ3v) is 0.938. The Kier molecular flexibility index (Phi) is 4.49. The summed E-state index contributed by atoms with van der Waals surface area (Å²) in [6.07, 6.45) is 0. The monoisotopic (exact) mass is 144 g/mol. The van der Waals surface area contributed by atoms with Gasteiger partial charge in [-0.05, 0) is 6.92 Å². The molecule has 0 saturated carbocycles. The van der Waals surface area contributed by atoms with Crippen molar-refractivity contribution in [1.82, 2.24) is 10.6 Å². The molecule has 0 atom stereocenters. The normalized spacial score (nSPS) is 9.00. The number of likely N-dealkylation sites (N-methyl/N-ethyl adjacent to an activating group) is 1. The van der Waals surface area contributed by atoms with E-state index in [0.717, 1.165) is 0 Å². The maximum Gasteiger partial charge on any atom is 0.233 e. The smallest absolute Gasteiger partial charge is 0.233 e. The van der Waals surface area contributed by atoms with Crippen LogP contribution in [-0.4, -0.2) is 31.8 Å². The molecule has 0 aromatic carbocycles. The first-order valence-corrected chi connectivity index (χ1v) is 3.07. The summed E-state index contributed by atoms with van der Waals surface area (Å²) in [6, 6.07) is 0. The Morgan fingerprint density at radius 2 is 1.90 bits per heavy atom. The molecular weight excluding hydrogens is 132 g/mol. The average molecular weight is 144 g/mol. The lowest BCUT2D eigenvalue weighted by Gasteiger charge is -1.99. The molecule has 0 fully saturated rings. The van der Waals surface area contributed by atoms with Crippen molar-refractivity contribution in [2.45, 2.75) is 6.92 Å². The number of hydrogen-bond donors (Lipinski definition) is 2. The Balaban J connectivity index is 3.20. The van der Waals surface area contributed by atoms with Gasteiger partial charge in [0.15, 0.2) is 0 Å². The number of Topliss-reactive ketones (excluding diaryl/α,β-unsaturated/α-hetero) is 1. The van der Waals surface area contributed by atoms with Crippen molar-refractivity contribution in [3.05, 3.63) is 0 Å². The molecule has 10 heavy (non-hydrogen) atoms. The fourth-order valence-electron chi connectivity index (χ4n) is 0.440. The second-order valence-corrected chi connectivity index (χ2v) is 1.98. The number of rotatable bonds is 4. The van der Waals surface area contributed by atoms with Crippen molar-refractivity contribution < 1.29 is 9.59 Å². The van der Waals surface area contributed by atoms with Gasteiger partial charge >= 0.3 is 0 Å². The molecule has 0 spiro atoms. The first-order chi connectivity index (χ1) is 4.66. The highest BCUT2D eigenvalue weighted by Gasteiger charge is 1.96. The van der Waals surface area contributed by atoms with Gasteiger partial charge in [0.2, 0.25) is 5.91 Å². The first-order valence-electron chi connectivity index (χ1n) is 3.07. The van der Waals surface area contributed by atoms with Gasteiger partial charge in [-0.25, -0.2) is 0 Å². The van der Waals surface area contributed by atoms with Crippen molar-refractivity contribution in [3.8, 4) is 0 Å². The molecule has 0 heterocycles. The van der Waals surface area contributed by atoms with E-state index in [1.54, 1.807) is 7.05 Å². The van der Waals surface area contributed by atoms with E-state index in [0.29, 0.717) is 0 Å². The van der Waals surface area contributed by atoms with Crippen LogP contribution in [-0.2, 0) is 9.59 Å². The second-order valence-electron chi connectivity index (χ2n) is 1.98. The Hall–Kier alpha value is -0.900. The maximum absolute atomic E-state index is 10.5. The summed E-state index contributed by atoms with van der Waals surface area (Å²) in [5, 5.41) is 5.10. The minimum atomic E-state index is -0.110. The van der Waals surface area contributed by atoms with E-state index in [4.69, 9.17) is 0 Å². The third-order valence-electron chi connectivity index (χ3n) is 0.938. The molecule has 0 aromatic rings. The summed E-state index contributed by atoms with van der Waals surface area (Å²) < 4.78 is 0.